The molecule has 1 unspecified atom stereocenters. The van der Waals surface area contributed by atoms with Crippen molar-refractivity contribution in [1.29, 1.82) is 0 Å². The molecule has 3 amide bonds. The van der Waals surface area contributed by atoms with E-state index in [1.807, 2.05) is 30.3 Å². The first-order chi connectivity index (χ1) is 13.0. The number of nitrogens with zero attached hydrogens (tertiary/aromatic N) is 2. The first kappa shape index (κ1) is 17.3. The van der Waals surface area contributed by atoms with Crippen molar-refractivity contribution in [3.05, 3.63) is 48.7 Å². The number of aromatic nitrogens is 1. The lowest BCUT2D eigenvalue weighted by Gasteiger charge is -2.19. The van der Waals surface area contributed by atoms with Crippen LogP contribution in [0.2, 0.25) is 0 Å². The summed E-state index contributed by atoms with van der Waals surface area (Å²) in [4.78, 5) is 29.7. The fraction of sp³-hybridized carbons (Fsp3) is 0.316. The lowest BCUT2D eigenvalue weighted by atomic mass is 10.1. The highest BCUT2D eigenvalue weighted by atomic mass is 16.5. The highest BCUT2D eigenvalue weighted by molar-refractivity contribution is 5.88. The lowest BCUT2D eigenvalue weighted by molar-refractivity contribution is -0.125. The van der Waals surface area contributed by atoms with Gasteiger partial charge in [0.2, 0.25) is 11.8 Å². The molecule has 4 rings (SSSR count). The van der Waals surface area contributed by atoms with Crippen LogP contribution < -0.4 is 20.9 Å². The molecule has 3 N–H and O–H groups in total. The van der Waals surface area contributed by atoms with Crippen LogP contribution in [0, 0.1) is 5.92 Å². The van der Waals surface area contributed by atoms with Gasteiger partial charge in [-0.2, -0.15) is 0 Å². The van der Waals surface area contributed by atoms with Gasteiger partial charge < -0.3 is 15.0 Å². The van der Waals surface area contributed by atoms with Crippen LogP contribution in [0.1, 0.15) is 18.8 Å². The Morgan fingerprint density at radius 1 is 1.37 bits per heavy atom. The molecule has 0 radical (unpaired) electrons. The van der Waals surface area contributed by atoms with Gasteiger partial charge in [0.15, 0.2) is 0 Å². The number of hydrogen-bond donors (Lipinski definition) is 3. The van der Waals surface area contributed by atoms with Gasteiger partial charge in [-0.05, 0) is 23.6 Å². The first-order valence-corrected chi connectivity index (χ1v) is 8.85. The maximum Gasteiger partial charge on any atom is 0.330 e. The molecule has 2 saturated heterocycles. The van der Waals surface area contributed by atoms with E-state index in [0.717, 1.165) is 10.8 Å². The van der Waals surface area contributed by atoms with Gasteiger partial charge in [0.25, 0.3) is 0 Å². The van der Waals surface area contributed by atoms with Crippen molar-refractivity contribution in [2.75, 3.05) is 13.1 Å². The van der Waals surface area contributed by atoms with E-state index in [1.165, 1.54) is 6.08 Å². The second-order valence-electron chi connectivity index (χ2n) is 6.83. The zero-order valence-electron chi connectivity index (χ0n) is 14.9. The summed E-state index contributed by atoms with van der Waals surface area (Å²) in [7, 11) is 0. The summed E-state index contributed by atoms with van der Waals surface area (Å²) in [6.45, 7) is 6.72. The third-order valence-corrected chi connectivity index (χ3v) is 4.92. The third-order valence-electron chi connectivity index (χ3n) is 4.92. The number of fused-ring (bicyclic) bond motifs is 1. The van der Waals surface area contributed by atoms with E-state index in [-0.39, 0.29) is 24.0 Å². The molecule has 1 aromatic carbocycles. The van der Waals surface area contributed by atoms with Crippen LogP contribution >= 0.6 is 0 Å². The molecule has 8 heteroatoms. The number of carbonyl (C=O) groups is 2. The molecule has 2 aliphatic heterocycles. The highest BCUT2D eigenvalue weighted by Crippen LogP contribution is 2.30. The Labute approximate surface area is 156 Å². The quantitative estimate of drug-likeness (QED) is 0.711. The predicted octanol–water partition coefficient (Wildman–Crippen LogP) is 1.46. The molecule has 2 fully saturated rings. The zero-order chi connectivity index (χ0) is 19.0. The van der Waals surface area contributed by atoms with Crippen molar-refractivity contribution < 1.29 is 14.3 Å². The summed E-state index contributed by atoms with van der Waals surface area (Å²) in [5.41, 5.74) is 6.01. The van der Waals surface area contributed by atoms with Crippen molar-refractivity contribution in [3.8, 4) is 5.88 Å². The third kappa shape index (κ3) is 3.31. The molecule has 0 saturated carbocycles. The average molecular weight is 367 g/mol. The van der Waals surface area contributed by atoms with Crippen molar-refractivity contribution in [3.63, 3.8) is 0 Å². The molecule has 2 aromatic rings. The molecule has 27 heavy (non-hydrogen) atoms. The van der Waals surface area contributed by atoms with Crippen molar-refractivity contribution in [2.45, 2.75) is 19.2 Å². The van der Waals surface area contributed by atoms with E-state index in [9.17, 15) is 9.59 Å². The van der Waals surface area contributed by atoms with Crippen LogP contribution in [-0.2, 0) is 4.79 Å². The van der Waals surface area contributed by atoms with Gasteiger partial charge in [-0.25, -0.2) is 15.2 Å². The van der Waals surface area contributed by atoms with E-state index in [1.54, 1.807) is 4.90 Å². The summed E-state index contributed by atoms with van der Waals surface area (Å²) in [6.07, 6.45) is 0.721. The van der Waals surface area contributed by atoms with Crippen molar-refractivity contribution >= 4 is 22.7 Å². The summed E-state index contributed by atoms with van der Waals surface area (Å²) in [5.74, 6) is 0.573. The van der Waals surface area contributed by atoms with Crippen molar-refractivity contribution in [2.24, 2.45) is 5.92 Å². The molecule has 0 spiro atoms. The molecule has 0 aliphatic carbocycles. The van der Waals surface area contributed by atoms with Gasteiger partial charge in [-0.15, -0.1) is 0 Å². The minimum Gasteiger partial charge on any atom is -0.472 e. The molecule has 2 aliphatic rings. The van der Waals surface area contributed by atoms with Gasteiger partial charge in [-0.3, -0.25) is 10.2 Å². The number of hydrazine groups is 1. The largest absolute Gasteiger partial charge is 0.472 e. The number of benzene rings is 1. The van der Waals surface area contributed by atoms with Crippen LogP contribution in [0.15, 0.2) is 43.0 Å². The van der Waals surface area contributed by atoms with Crippen molar-refractivity contribution in [1.82, 2.24) is 26.1 Å². The van der Waals surface area contributed by atoms with Crippen LogP contribution in [0.25, 0.3) is 10.8 Å². The van der Waals surface area contributed by atoms with Gasteiger partial charge in [0.05, 0.1) is 12.2 Å². The molecule has 140 valence electrons. The van der Waals surface area contributed by atoms with Gasteiger partial charge in [0, 0.05) is 17.8 Å². The fourth-order valence-electron chi connectivity index (χ4n) is 3.46. The molecule has 3 heterocycles. The molecular formula is C19H21N5O3. The normalized spacial score (nSPS) is 24.6. The second-order valence-corrected chi connectivity index (χ2v) is 6.83. The van der Waals surface area contributed by atoms with E-state index < -0.39 is 6.17 Å². The minimum atomic E-state index is -0.440. The fourth-order valence-corrected chi connectivity index (χ4v) is 3.46. The van der Waals surface area contributed by atoms with Crippen LogP contribution in [-0.4, -0.2) is 41.0 Å². The molecule has 1 aromatic heterocycles. The Balaban J connectivity index is 1.65. The van der Waals surface area contributed by atoms with Gasteiger partial charge in [0.1, 0.15) is 12.3 Å². The molecular weight excluding hydrogens is 346 g/mol. The van der Waals surface area contributed by atoms with Crippen LogP contribution in [0.5, 0.6) is 5.88 Å². The number of ether oxygens (including phenoxy) is 1. The number of rotatable bonds is 4. The minimum absolute atomic E-state index is 0.0940. The maximum atomic E-state index is 11.9. The summed E-state index contributed by atoms with van der Waals surface area (Å²) >= 11 is 0. The Hall–Kier alpha value is -3.13. The summed E-state index contributed by atoms with van der Waals surface area (Å²) in [6, 6.07) is 9.41. The van der Waals surface area contributed by atoms with Crippen LogP contribution in [0.3, 0.4) is 0 Å². The number of pyridine rings is 1. The van der Waals surface area contributed by atoms with E-state index >= 15 is 0 Å². The Bertz CT molecular complexity index is 915. The Morgan fingerprint density at radius 2 is 2.19 bits per heavy atom. The second kappa shape index (κ2) is 6.88. The lowest BCUT2D eigenvalue weighted by Crippen LogP contribution is -2.30. The average Bonchev–Trinajstić information content (AvgIpc) is 3.27. The number of hydrogen-bond acceptors (Lipinski definition) is 5. The highest BCUT2D eigenvalue weighted by Gasteiger charge is 2.34. The summed E-state index contributed by atoms with van der Waals surface area (Å²) in [5, 5.41) is 4.60. The van der Waals surface area contributed by atoms with Crippen LogP contribution in [0.4, 0.5) is 4.79 Å². The topological polar surface area (TPSA) is 95.6 Å². The standard InChI is InChI=1S/C19H21N5O3/c1-3-16(25)24-9-11(2)15(10-24)27-18-13-7-5-4-6-12(13)8-14(20-18)17-21-19(26)23-22-17/h3-8,11,15,17,22H,1,9-10H2,2H3,(H2,21,23,26)/t11-,15-,17?/m1/s1. The zero-order valence-corrected chi connectivity index (χ0v) is 14.9. The number of urea groups is 1. The van der Waals surface area contributed by atoms with Gasteiger partial charge >= 0.3 is 6.03 Å². The first-order valence-electron chi connectivity index (χ1n) is 8.85. The Morgan fingerprint density at radius 3 is 2.93 bits per heavy atom. The number of amides is 3. The molecule has 8 nitrogen and oxygen atoms in total. The Kier molecular flexibility index (Phi) is 4.41. The van der Waals surface area contributed by atoms with E-state index in [4.69, 9.17) is 4.74 Å². The number of likely N-dealkylation sites (tertiary alicyclic amines) is 1. The number of carbonyl (C=O) groups excluding carboxylic acids is 2. The van der Waals surface area contributed by atoms with Gasteiger partial charge in [-0.1, -0.05) is 31.7 Å². The van der Waals surface area contributed by atoms with E-state index in [2.05, 4.69) is 34.7 Å². The number of nitrogens with one attached hydrogen (secondary N) is 3. The monoisotopic (exact) mass is 367 g/mol. The predicted molar refractivity (Wildman–Crippen MR) is 99.6 cm³/mol. The van der Waals surface area contributed by atoms with E-state index in [0.29, 0.717) is 24.7 Å². The SMILES string of the molecule is C=CC(=O)N1C[C@@H](C)[C@H](Oc2nc(C3NNC(=O)N3)cc3ccccc23)C1. The molecule has 3 atom stereocenters. The molecule has 0 bridgehead atoms. The maximum absolute atomic E-state index is 11.9. The smallest absolute Gasteiger partial charge is 0.330 e. The summed E-state index contributed by atoms with van der Waals surface area (Å²) < 4.78 is 6.25.